The fourth-order valence-electron chi connectivity index (χ4n) is 2.01. The van der Waals surface area contributed by atoms with Gasteiger partial charge >= 0.3 is 5.97 Å². The zero-order chi connectivity index (χ0) is 13.7. The summed E-state index contributed by atoms with van der Waals surface area (Å²) in [6, 6.07) is 13.5. The topological polar surface area (TPSA) is 73.1 Å². The molecular weight excluding hydrogens is 240 g/mol. The van der Waals surface area contributed by atoms with Crippen molar-refractivity contribution in [2.45, 2.75) is 12.8 Å². The van der Waals surface area contributed by atoms with E-state index in [0.29, 0.717) is 18.5 Å². The summed E-state index contributed by atoms with van der Waals surface area (Å²) >= 11 is 0. The molecule has 2 aromatic rings. The maximum Gasteiger partial charge on any atom is 0.303 e. The number of carbonyl (C=O) groups is 1. The van der Waals surface area contributed by atoms with Crippen LogP contribution in [0, 0.1) is 11.3 Å². The summed E-state index contributed by atoms with van der Waals surface area (Å²) in [5.74, 6) is -0.786. The van der Waals surface area contributed by atoms with Crippen molar-refractivity contribution in [1.82, 2.24) is 0 Å². The number of nitrogens with one attached hydrogen (secondary N) is 1. The fraction of sp³-hybridized carbons (Fsp3) is 0.200. The minimum atomic E-state index is -0.786. The molecular formula is C15H14N2O2. The van der Waals surface area contributed by atoms with Gasteiger partial charge in [-0.05, 0) is 18.6 Å². The highest BCUT2D eigenvalue weighted by atomic mass is 16.4. The molecule has 0 saturated heterocycles. The van der Waals surface area contributed by atoms with Gasteiger partial charge < -0.3 is 10.4 Å². The lowest BCUT2D eigenvalue weighted by atomic mass is 10.0. The van der Waals surface area contributed by atoms with E-state index in [1.165, 1.54) is 0 Å². The van der Waals surface area contributed by atoms with E-state index in [9.17, 15) is 4.79 Å². The molecule has 0 fully saturated rings. The fourth-order valence-corrected chi connectivity index (χ4v) is 2.01. The Morgan fingerprint density at radius 2 is 1.95 bits per heavy atom. The first-order chi connectivity index (χ1) is 9.22. The van der Waals surface area contributed by atoms with Gasteiger partial charge in [0.15, 0.2) is 0 Å². The number of anilines is 1. The third-order valence-electron chi connectivity index (χ3n) is 2.93. The molecule has 0 radical (unpaired) electrons. The second-order valence-electron chi connectivity index (χ2n) is 4.24. The largest absolute Gasteiger partial charge is 0.481 e. The summed E-state index contributed by atoms with van der Waals surface area (Å²) in [6.07, 6.45) is 0.727. The number of rotatable bonds is 5. The summed E-state index contributed by atoms with van der Waals surface area (Å²) in [5.41, 5.74) is 1.58. The summed E-state index contributed by atoms with van der Waals surface area (Å²) < 4.78 is 0. The Morgan fingerprint density at radius 1 is 1.21 bits per heavy atom. The Kier molecular flexibility index (Phi) is 3.99. The third kappa shape index (κ3) is 3.02. The minimum absolute atomic E-state index is 0.154. The highest BCUT2D eigenvalue weighted by Crippen LogP contribution is 2.26. The molecule has 2 N–H and O–H groups in total. The standard InChI is InChI=1S/C15H14N2O2/c16-10-11-7-8-14(17-9-3-6-15(18)19)13-5-2-1-4-12(11)13/h1-2,4-5,7-8,17H,3,6,9H2,(H,18,19). The molecule has 0 atom stereocenters. The first kappa shape index (κ1) is 12.9. The molecule has 0 unspecified atom stereocenters. The monoisotopic (exact) mass is 254 g/mol. The van der Waals surface area contributed by atoms with Crippen LogP contribution in [0.2, 0.25) is 0 Å². The highest BCUT2D eigenvalue weighted by molar-refractivity contribution is 5.97. The lowest BCUT2D eigenvalue weighted by molar-refractivity contribution is -0.137. The molecule has 4 heteroatoms. The van der Waals surface area contributed by atoms with Crippen LogP contribution in [0.1, 0.15) is 18.4 Å². The maximum atomic E-state index is 10.4. The van der Waals surface area contributed by atoms with Crippen molar-refractivity contribution in [3.63, 3.8) is 0 Å². The van der Waals surface area contributed by atoms with E-state index in [2.05, 4.69) is 11.4 Å². The number of carboxylic acids is 1. The van der Waals surface area contributed by atoms with Gasteiger partial charge in [0.2, 0.25) is 0 Å². The summed E-state index contributed by atoms with van der Waals surface area (Å²) in [6.45, 7) is 0.599. The SMILES string of the molecule is N#Cc1ccc(NCCCC(=O)O)c2ccccc12. The number of aliphatic carboxylic acids is 1. The molecule has 0 aliphatic carbocycles. The number of benzene rings is 2. The summed E-state index contributed by atoms with van der Waals surface area (Å²) in [5, 5.41) is 22.8. The number of nitriles is 1. The summed E-state index contributed by atoms with van der Waals surface area (Å²) in [7, 11) is 0. The van der Waals surface area contributed by atoms with Crippen LogP contribution in [0.25, 0.3) is 10.8 Å². The van der Waals surface area contributed by atoms with Crippen molar-refractivity contribution in [3.8, 4) is 6.07 Å². The molecule has 0 amide bonds. The first-order valence-corrected chi connectivity index (χ1v) is 6.10. The zero-order valence-corrected chi connectivity index (χ0v) is 10.4. The normalized spacial score (nSPS) is 10.1. The van der Waals surface area contributed by atoms with Gasteiger partial charge in [0.05, 0.1) is 11.6 Å². The average Bonchev–Trinajstić information content (AvgIpc) is 2.43. The van der Waals surface area contributed by atoms with Crippen molar-refractivity contribution in [3.05, 3.63) is 42.0 Å². The van der Waals surface area contributed by atoms with E-state index in [0.717, 1.165) is 16.5 Å². The van der Waals surface area contributed by atoms with E-state index in [1.54, 1.807) is 6.07 Å². The molecule has 4 nitrogen and oxygen atoms in total. The second-order valence-corrected chi connectivity index (χ2v) is 4.24. The number of nitrogens with zero attached hydrogens (tertiary/aromatic N) is 1. The molecule has 0 aliphatic heterocycles. The second kappa shape index (κ2) is 5.87. The van der Waals surface area contributed by atoms with Gasteiger partial charge in [-0.15, -0.1) is 0 Å². The van der Waals surface area contributed by atoms with Gasteiger partial charge in [-0.2, -0.15) is 5.26 Å². The van der Waals surface area contributed by atoms with Crippen LogP contribution in [0.15, 0.2) is 36.4 Å². The molecule has 0 bridgehead atoms. The number of fused-ring (bicyclic) bond motifs is 1. The van der Waals surface area contributed by atoms with Crippen LogP contribution < -0.4 is 5.32 Å². The Balaban J connectivity index is 2.20. The molecule has 96 valence electrons. The minimum Gasteiger partial charge on any atom is -0.481 e. The Labute approximate surface area is 111 Å². The predicted octanol–water partition coefficient (Wildman–Crippen LogP) is 2.99. The third-order valence-corrected chi connectivity index (χ3v) is 2.93. The van der Waals surface area contributed by atoms with Crippen LogP contribution >= 0.6 is 0 Å². The van der Waals surface area contributed by atoms with Gasteiger partial charge in [0, 0.05) is 29.4 Å². The van der Waals surface area contributed by atoms with E-state index >= 15 is 0 Å². The number of hydrogen-bond acceptors (Lipinski definition) is 3. The summed E-state index contributed by atoms with van der Waals surface area (Å²) in [4.78, 5) is 10.4. The van der Waals surface area contributed by atoms with E-state index < -0.39 is 5.97 Å². The first-order valence-electron chi connectivity index (χ1n) is 6.10. The smallest absolute Gasteiger partial charge is 0.303 e. The van der Waals surface area contributed by atoms with E-state index in [4.69, 9.17) is 10.4 Å². The lowest BCUT2D eigenvalue weighted by Crippen LogP contribution is -2.05. The quantitative estimate of drug-likeness (QED) is 0.804. The maximum absolute atomic E-state index is 10.4. The van der Waals surface area contributed by atoms with Gasteiger partial charge in [-0.3, -0.25) is 4.79 Å². The molecule has 0 spiro atoms. The predicted molar refractivity (Wildman–Crippen MR) is 74.0 cm³/mol. The van der Waals surface area contributed by atoms with Crippen LogP contribution in [0.5, 0.6) is 0 Å². The molecule has 2 aromatic carbocycles. The molecule has 0 saturated carbocycles. The Hall–Kier alpha value is -2.54. The lowest BCUT2D eigenvalue weighted by Gasteiger charge is -2.10. The number of carboxylic acid groups (broad SMARTS) is 1. The van der Waals surface area contributed by atoms with Crippen molar-refractivity contribution in [2.24, 2.45) is 0 Å². The van der Waals surface area contributed by atoms with Crippen molar-refractivity contribution in [1.29, 1.82) is 5.26 Å². The van der Waals surface area contributed by atoms with Gasteiger partial charge in [0.1, 0.15) is 0 Å². The Bertz CT molecular complexity index is 644. The highest BCUT2D eigenvalue weighted by Gasteiger charge is 2.05. The number of hydrogen-bond donors (Lipinski definition) is 2. The molecule has 0 heterocycles. The van der Waals surface area contributed by atoms with Crippen LogP contribution in [-0.4, -0.2) is 17.6 Å². The van der Waals surface area contributed by atoms with Crippen LogP contribution in [0.4, 0.5) is 5.69 Å². The molecule has 0 aliphatic rings. The Morgan fingerprint density at radius 3 is 2.63 bits per heavy atom. The molecule has 19 heavy (non-hydrogen) atoms. The van der Waals surface area contributed by atoms with Crippen molar-refractivity contribution >= 4 is 22.4 Å². The van der Waals surface area contributed by atoms with Gasteiger partial charge in [-0.1, -0.05) is 24.3 Å². The molecule has 0 aromatic heterocycles. The van der Waals surface area contributed by atoms with Crippen molar-refractivity contribution < 1.29 is 9.90 Å². The van der Waals surface area contributed by atoms with Gasteiger partial charge in [-0.25, -0.2) is 0 Å². The zero-order valence-electron chi connectivity index (χ0n) is 10.4. The van der Waals surface area contributed by atoms with E-state index in [1.807, 2.05) is 30.3 Å². The van der Waals surface area contributed by atoms with Gasteiger partial charge in [0.25, 0.3) is 0 Å². The van der Waals surface area contributed by atoms with E-state index in [-0.39, 0.29) is 6.42 Å². The van der Waals surface area contributed by atoms with Crippen LogP contribution in [0.3, 0.4) is 0 Å². The average molecular weight is 254 g/mol. The van der Waals surface area contributed by atoms with Crippen molar-refractivity contribution in [2.75, 3.05) is 11.9 Å². The van der Waals surface area contributed by atoms with Crippen LogP contribution in [-0.2, 0) is 4.79 Å². The molecule has 2 rings (SSSR count).